The predicted octanol–water partition coefficient (Wildman–Crippen LogP) is 2.22. The van der Waals surface area contributed by atoms with E-state index in [1.54, 1.807) is 10.9 Å². The summed E-state index contributed by atoms with van der Waals surface area (Å²) in [4.78, 5) is 11.3. The average molecular weight is 244 g/mol. The van der Waals surface area contributed by atoms with Crippen LogP contribution < -0.4 is 0 Å². The Morgan fingerprint density at radius 1 is 1.39 bits per heavy atom. The molecule has 2 aromatic rings. The topological polar surface area (TPSA) is 55.1 Å². The molecule has 4 nitrogen and oxygen atoms in total. The van der Waals surface area contributed by atoms with E-state index in [2.05, 4.69) is 5.10 Å². The summed E-state index contributed by atoms with van der Waals surface area (Å²) in [5, 5.41) is 13.4. The van der Waals surface area contributed by atoms with E-state index in [-0.39, 0.29) is 0 Å². The van der Waals surface area contributed by atoms with Gasteiger partial charge in [0.05, 0.1) is 12.1 Å². The van der Waals surface area contributed by atoms with Crippen LogP contribution in [0, 0.1) is 0 Å². The van der Waals surface area contributed by atoms with Crippen molar-refractivity contribution in [3.8, 4) is 0 Å². The van der Waals surface area contributed by atoms with E-state index < -0.39 is 11.9 Å². The van der Waals surface area contributed by atoms with Crippen LogP contribution in [-0.4, -0.2) is 20.9 Å². The van der Waals surface area contributed by atoms with E-state index in [0.29, 0.717) is 6.42 Å². The van der Waals surface area contributed by atoms with Gasteiger partial charge in [0, 0.05) is 13.2 Å². The highest BCUT2D eigenvalue weighted by atomic mass is 16.4. The maximum absolute atomic E-state index is 11.3. The molecule has 1 atom stereocenters. The van der Waals surface area contributed by atoms with Gasteiger partial charge in [0.1, 0.15) is 0 Å². The zero-order chi connectivity index (χ0) is 13.0. The minimum absolute atomic E-state index is 0.452. The molecule has 0 aliphatic carbocycles. The van der Waals surface area contributed by atoms with Crippen LogP contribution in [-0.2, 0) is 18.3 Å². The molecule has 2 rings (SSSR count). The van der Waals surface area contributed by atoms with Crippen molar-refractivity contribution in [2.24, 2.45) is 7.05 Å². The number of hydrogen-bond donors (Lipinski definition) is 1. The number of aryl methyl sites for hydroxylation is 2. The Hall–Kier alpha value is -2.10. The van der Waals surface area contributed by atoms with E-state index in [4.69, 9.17) is 0 Å². The first-order valence-corrected chi connectivity index (χ1v) is 5.92. The molecular formula is C14H16N2O2. The van der Waals surface area contributed by atoms with Crippen LogP contribution in [0.4, 0.5) is 0 Å². The predicted molar refractivity (Wildman–Crippen MR) is 68.3 cm³/mol. The molecule has 94 valence electrons. The standard InChI is InChI=1S/C14H16N2O2/c1-16-10-11(9-15-16)7-8-13(14(17)18)12-5-3-2-4-6-12/h2-6,9-10,13H,7-8H2,1H3,(H,17,18). The first-order valence-electron chi connectivity index (χ1n) is 5.92. The van der Waals surface area contributed by atoms with E-state index in [1.807, 2.05) is 43.6 Å². The molecule has 1 aromatic carbocycles. The largest absolute Gasteiger partial charge is 0.481 e. The van der Waals surface area contributed by atoms with Gasteiger partial charge in [-0.15, -0.1) is 0 Å². The normalized spacial score (nSPS) is 12.3. The third-order valence-corrected chi connectivity index (χ3v) is 2.98. The van der Waals surface area contributed by atoms with Gasteiger partial charge in [-0.25, -0.2) is 0 Å². The summed E-state index contributed by atoms with van der Waals surface area (Å²) in [6, 6.07) is 9.36. The summed E-state index contributed by atoms with van der Waals surface area (Å²) in [5.41, 5.74) is 1.92. The Balaban J connectivity index is 2.06. The summed E-state index contributed by atoms with van der Waals surface area (Å²) >= 11 is 0. The van der Waals surface area contributed by atoms with Crippen LogP contribution in [0.1, 0.15) is 23.5 Å². The van der Waals surface area contributed by atoms with Crippen LogP contribution in [0.15, 0.2) is 42.7 Å². The Morgan fingerprint density at radius 3 is 2.67 bits per heavy atom. The monoisotopic (exact) mass is 244 g/mol. The molecule has 0 spiro atoms. The molecule has 0 aliphatic heterocycles. The fraction of sp³-hybridized carbons (Fsp3) is 0.286. The second-order valence-electron chi connectivity index (χ2n) is 4.36. The van der Waals surface area contributed by atoms with Crippen molar-refractivity contribution >= 4 is 5.97 Å². The first-order chi connectivity index (χ1) is 8.66. The van der Waals surface area contributed by atoms with Gasteiger partial charge in [-0.1, -0.05) is 30.3 Å². The summed E-state index contributed by atoms with van der Waals surface area (Å²) in [7, 11) is 1.86. The molecule has 4 heteroatoms. The minimum atomic E-state index is -0.773. The molecule has 0 aliphatic rings. The van der Waals surface area contributed by atoms with Crippen LogP contribution in [0.5, 0.6) is 0 Å². The smallest absolute Gasteiger partial charge is 0.310 e. The number of carbonyl (C=O) groups is 1. The zero-order valence-corrected chi connectivity index (χ0v) is 10.3. The number of rotatable bonds is 5. The highest BCUT2D eigenvalue weighted by Gasteiger charge is 2.19. The third kappa shape index (κ3) is 2.97. The Labute approximate surface area is 106 Å². The van der Waals surface area contributed by atoms with Crippen molar-refractivity contribution < 1.29 is 9.90 Å². The van der Waals surface area contributed by atoms with E-state index >= 15 is 0 Å². The van der Waals surface area contributed by atoms with Gasteiger partial charge in [-0.05, 0) is 24.0 Å². The number of nitrogens with zero attached hydrogens (tertiary/aromatic N) is 2. The fourth-order valence-corrected chi connectivity index (χ4v) is 2.03. The lowest BCUT2D eigenvalue weighted by Crippen LogP contribution is -2.12. The molecule has 1 aromatic heterocycles. The molecule has 0 saturated heterocycles. The van der Waals surface area contributed by atoms with Crippen molar-refractivity contribution in [2.75, 3.05) is 0 Å². The second-order valence-corrected chi connectivity index (χ2v) is 4.36. The quantitative estimate of drug-likeness (QED) is 0.877. The van der Waals surface area contributed by atoms with Gasteiger partial charge >= 0.3 is 5.97 Å². The molecule has 0 amide bonds. The third-order valence-electron chi connectivity index (χ3n) is 2.98. The Kier molecular flexibility index (Phi) is 3.77. The number of carboxylic acid groups (broad SMARTS) is 1. The number of aromatic nitrogens is 2. The molecule has 1 heterocycles. The SMILES string of the molecule is Cn1cc(CCC(C(=O)O)c2ccccc2)cn1. The lowest BCUT2D eigenvalue weighted by Gasteiger charge is -2.11. The number of hydrogen-bond acceptors (Lipinski definition) is 2. The number of benzene rings is 1. The molecular weight excluding hydrogens is 228 g/mol. The number of aliphatic carboxylic acids is 1. The van der Waals surface area contributed by atoms with Crippen molar-refractivity contribution in [3.05, 3.63) is 53.9 Å². The summed E-state index contributed by atoms with van der Waals surface area (Å²) < 4.78 is 1.73. The van der Waals surface area contributed by atoms with Crippen LogP contribution in [0.25, 0.3) is 0 Å². The molecule has 1 N–H and O–H groups in total. The van der Waals surface area contributed by atoms with Crippen molar-refractivity contribution in [1.29, 1.82) is 0 Å². The lowest BCUT2D eigenvalue weighted by molar-refractivity contribution is -0.138. The van der Waals surface area contributed by atoms with Crippen LogP contribution in [0.3, 0.4) is 0 Å². The maximum atomic E-state index is 11.3. The molecule has 0 fully saturated rings. The highest BCUT2D eigenvalue weighted by Crippen LogP contribution is 2.21. The zero-order valence-electron chi connectivity index (χ0n) is 10.3. The first kappa shape index (κ1) is 12.4. The van der Waals surface area contributed by atoms with Gasteiger partial charge in [0.2, 0.25) is 0 Å². The molecule has 0 saturated carbocycles. The highest BCUT2D eigenvalue weighted by molar-refractivity contribution is 5.76. The van der Waals surface area contributed by atoms with Crippen molar-refractivity contribution in [3.63, 3.8) is 0 Å². The van der Waals surface area contributed by atoms with Crippen LogP contribution >= 0.6 is 0 Å². The van der Waals surface area contributed by atoms with Crippen molar-refractivity contribution in [1.82, 2.24) is 9.78 Å². The van der Waals surface area contributed by atoms with Gasteiger partial charge in [0.15, 0.2) is 0 Å². The molecule has 1 unspecified atom stereocenters. The lowest BCUT2D eigenvalue weighted by atomic mass is 9.93. The van der Waals surface area contributed by atoms with E-state index in [0.717, 1.165) is 17.5 Å². The van der Waals surface area contributed by atoms with E-state index in [9.17, 15) is 9.90 Å². The van der Waals surface area contributed by atoms with E-state index in [1.165, 1.54) is 0 Å². The Morgan fingerprint density at radius 2 is 2.11 bits per heavy atom. The second kappa shape index (κ2) is 5.49. The molecule has 18 heavy (non-hydrogen) atoms. The van der Waals surface area contributed by atoms with Gasteiger partial charge < -0.3 is 5.11 Å². The van der Waals surface area contributed by atoms with Gasteiger partial charge in [-0.2, -0.15) is 5.10 Å². The molecule has 0 bridgehead atoms. The minimum Gasteiger partial charge on any atom is -0.481 e. The summed E-state index contributed by atoms with van der Waals surface area (Å²) in [5.74, 6) is -1.23. The van der Waals surface area contributed by atoms with Gasteiger partial charge in [-0.3, -0.25) is 9.48 Å². The van der Waals surface area contributed by atoms with Crippen LogP contribution in [0.2, 0.25) is 0 Å². The van der Waals surface area contributed by atoms with Crippen molar-refractivity contribution in [2.45, 2.75) is 18.8 Å². The summed E-state index contributed by atoms with van der Waals surface area (Å²) in [6.07, 6.45) is 5.01. The summed E-state index contributed by atoms with van der Waals surface area (Å²) in [6.45, 7) is 0. The Bertz CT molecular complexity index is 520. The van der Waals surface area contributed by atoms with Gasteiger partial charge in [0.25, 0.3) is 0 Å². The number of carboxylic acids is 1. The fourth-order valence-electron chi connectivity index (χ4n) is 2.03. The average Bonchev–Trinajstić information content (AvgIpc) is 2.76. The maximum Gasteiger partial charge on any atom is 0.310 e. The molecule has 0 radical (unpaired) electrons.